The molecular weight excluding hydrogens is 188 g/mol. The van der Waals surface area contributed by atoms with Gasteiger partial charge in [-0.1, -0.05) is 0 Å². The van der Waals surface area contributed by atoms with Gasteiger partial charge in [0.1, 0.15) is 0 Å². The number of amides is 1. The molecule has 1 fully saturated rings. The third-order valence-electron chi connectivity index (χ3n) is 2.40. The predicted octanol–water partition coefficient (Wildman–Crippen LogP) is 1.62. The number of nitrogens with one attached hydrogen (secondary N) is 1. The lowest BCUT2D eigenvalue weighted by Crippen LogP contribution is -2.23. The Morgan fingerprint density at radius 2 is 2.20 bits per heavy atom. The van der Waals surface area contributed by atoms with Crippen molar-refractivity contribution in [3.63, 3.8) is 0 Å². The summed E-state index contributed by atoms with van der Waals surface area (Å²) in [6.45, 7) is 0.819. The highest BCUT2D eigenvalue weighted by Gasteiger charge is 2.20. The molecule has 15 heavy (non-hydrogen) atoms. The van der Waals surface area contributed by atoms with Gasteiger partial charge in [0.25, 0.3) is 0 Å². The first-order chi connectivity index (χ1) is 7.34. The van der Waals surface area contributed by atoms with Gasteiger partial charge < -0.3 is 5.32 Å². The van der Waals surface area contributed by atoms with Crippen molar-refractivity contribution < 1.29 is 4.79 Å². The maximum Gasteiger partial charge on any atom is 0.244 e. The van der Waals surface area contributed by atoms with Crippen LogP contribution in [0, 0.1) is 5.92 Å². The van der Waals surface area contributed by atoms with E-state index in [1.165, 1.54) is 12.8 Å². The van der Waals surface area contributed by atoms with Gasteiger partial charge in [-0.05, 0) is 42.5 Å². The number of carbonyl (C=O) groups is 1. The Kier molecular flexibility index (Phi) is 3.12. The Morgan fingerprint density at radius 1 is 1.47 bits per heavy atom. The van der Waals surface area contributed by atoms with Crippen LogP contribution < -0.4 is 5.32 Å². The van der Waals surface area contributed by atoms with Crippen LogP contribution in [0.5, 0.6) is 0 Å². The second kappa shape index (κ2) is 4.73. The summed E-state index contributed by atoms with van der Waals surface area (Å²) in [7, 11) is 0. The van der Waals surface area contributed by atoms with Gasteiger partial charge in [0.2, 0.25) is 5.91 Å². The van der Waals surface area contributed by atoms with Crippen molar-refractivity contribution in [2.75, 3.05) is 6.54 Å². The molecule has 1 aromatic heterocycles. The van der Waals surface area contributed by atoms with Gasteiger partial charge in [0.15, 0.2) is 0 Å². The second-order valence-electron chi connectivity index (χ2n) is 3.80. The third kappa shape index (κ3) is 3.54. The maximum absolute atomic E-state index is 11.3. The molecule has 0 bridgehead atoms. The molecule has 3 nitrogen and oxygen atoms in total. The molecule has 1 N–H and O–H groups in total. The minimum Gasteiger partial charge on any atom is -0.352 e. The van der Waals surface area contributed by atoms with E-state index in [9.17, 15) is 4.79 Å². The summed E-state index contributed by atoms with van der Waals surface area (Å²) in [6.07, 6.45) is 9.30. The largest absolute Gasteiger partial charge is 0.352 e. The summed E-state index contributed by atoms with van der Waals surface area (Å²) in [4.78, 5) is 15.2. The fourth-order valence-corrected chi connectivity index (χ4v) is 1.27. The van der Waals surface area contributed by atoms with Gasteiger partial charge in [0, 0.05) is 25.0 Å². The van der Waals surface area contributed by atoms with Gasteiger partial charge in [0.05, 0.1) is 0 Å². The van der Waals surface area contributed by atoms with E-state index < -0.39 is 0 Å². The predicted molar refractivity (Wildman–Crippen MR) is 59.0 cm³/mol. The van der Waals surface area contributed by atoms with E-state index in [0.717, 1.165) is 18.0 Å². The molecule has 78 valence electrons. The molecular formula is C12H14N2O. The fraction of sp³-hybridized carbons (Fsp3) is 0.333. The van der Waals surface area contributed by atoms with Crippen molar-refractivity contribution in [2.45, 2.75) is 12.8 Å². The summed E-state index contributed by atoms with van der Waals surface area (Å²) < 4.78 is 0. The minimum absolute atomic E-state index is 0.0151. The SMILES string of the molecule is O=C(/C=C/c1ccncc1)NCC1CC1. The summed E-state index contributed by atoms with van der Waals surface area (Å²) in [5.41, 5.74) is 0.992. The number of rotatable bonds is 4. The van der Waals surface area contributed by atoms with Gasteiger partial charge in [-0.25, -0.2) is 0 Å². The molecule has 3 heteroatoms. The lowest BCUT2D eigenvalue weighted by atomic mass is 10.2. The van der Waals surface area contributed by atoms with Gasteiger partial charge in [-0.15, -0.1) is 0 Å². The fourth-order valence-electron chi connectivity index (χ4n) is 1.27. The van der Waals surface area contributed by atoms with Gasteiger partial charge in [-0.2, -0.15) is 0 Å². The van der Waals surface area contributed by atoms with E-state index in [0.29, 0.717) is 0 Å². The number of pyridine rings is 1. The lowest BCUT2D eigenvalue weighted by molar-refractivity contribution is -0.116. The molecule has 1 saturated carbocycles. The zero-order valence-electron chi connectivity index (χ0n) is 8.52. The monoisotopic (exact) mass is 202 g/mol. The van der Waals surface area contributed by atoms with Crippen LogP contribution >= 0.6 is 0 Å². The third-order valence-corrected chi connectivity index (χ3v) is 2.40. The number of hydrogen-bond donors (Lipinski definition) is 1. The van der Waals surface area contributed by atoms with Crippen LogP contribution in [0.4, 0.5) is 0 Å². The molecule has 1 aliphatic rings. The lowest BCUT2D eigenvalue weighted by Gasteiger charge is -1.98. The van der Waals surface area contributed by atoms with Crippen molar-refractivity contribution in [1.82, 2.24) is 10.3 Å². The molecule has 2 rings (SSSR count). The van der Waals surface area contributed by atoms with E-state index in [-0.39, 0.29) is 5.91 Å². The molecule has 0 saturated heterocycles. The number of nitrogens with zero attached hydrogens (tertiary/aromatic N) is 1. The zero-order chi connectivity index (χ0) is 10.5. The highest BCUT2D eigenvalue weighted by molar-refractivity contribution is 5.91. The molecule has 1 amide bonds. The zero-order valence-corrected chi connectivity index (χ0v) is 8.52. The van der Waals surface area contributed by atoms with E-state index in [1.54, 1.807) is 24.5 Å². The number of hydrogen-bond acceptors (Lipinski definition) is 2. The molecule has 0 atom stereocenters. The van der Waals surface area contributed by atoms with Crippen molar-refractivity contribution >= 4 is 12.0 Å². The Balaban J connectivity index is 1.79. The van der Waals surface area contributed by atoms with Crippen LogP contribution in [0.1, 0.15) is 18.4 Å². The smallest absolute Gasteiger partial charge is 0.244 e. The standard InChI is InChI=1S/C12H14N2O/c15-12(14-9-11-1-2-11)4-3-10-5-7-13-8-6-10/h3-8,11H,1-2,9H2,(H,14,15)/b4-3+. The van der Waals surface area contributed by atoms with Crippen LogP contribution in [0.15, 0.2) is 30.6 Å². The average molecular weight is 202 g/mol. The van der Waals surface area contributed by atoms with E-state index in [1.807, 2.05) is 12.1 Å². The molecule has 1 aromatic rings. The van der Waals surface area contributed by atoms with Crippen molar-refractivity contribution in [3.05, 3.63) is 36.2 Å². The van der Waals surface area contributed by atoms with Crippen molar-refractivity contribution in [2.24, 2.45) is 5.92 Å². The Hall–Kier alpha value is -1.64. The Morgan fingerprint density at radius 3 is 2.87 bits per heavy atom. The van der Waals surface area contributed by atoms with Gasteiger partial charge in [-0.3, -0.25) is 9.78 Å². The summed E-state index contributed by atoms with van der Waals surface area (Å²) in [6, 6.07) is 3.73. The summed E-state index contributed by atoms with van der Waals surface area (Å²) in [5, 5.41) is 2.87. The summed E-state index contributed by atoms with van der Waals surface area (Å²) in [5.74, 6) is 0.710. The first kappa shape index (κ1) is 9.90. The molecule has 0 aliphatic heterocycles. The average Bonchev–Trinajstić information content (AvgIpc) is 3.09. The topological polar surface area (TPSA) is 42.0 Å². The first-order valence-corrected chi connectivity index (χ1v) is 5.20. The maximum atomic E-state index is 11.3. The molecule has 0 spiro atoms. The molecule has 0 aromatic carbocycles. The van der Waals surface area contributed by atoms with Crippen LogP contribution in [0.2, 0.25) is 0 Å². The van der Waals surface area contributed by atoms with Crippen molar-refractivity contribution in [1.29, 1.82) is 0 Å². The minimum atomic E-state index is -0.0151. The van der Waals surface area contributed by atoms with Crippen LogP contribution in [0.3, 0.4) is 0 Å². The molecule has 1 heterocycles. The van der Waals surface area contributed by atoms with E-state index >= 15 is 0 Å². The quantitative estimate of drug-likeness (QED) is 0.754. The highest BCUT2D eigenvalue weighted by Crippen LogP contribution is 2.27. The van der Waals surface area contributed by atoms with Gasteiger partial charge >= 0.3 is 0 Å². The Bertz CT molecular complexity index is 355. The molecule has 0 radical (unpaired) electrons. The first-order valence-electron chi connectivity index (χ1n) is 5.20. The van der Waals surface area contributed by atoms with Crippen LogP contribution in [0.25, 0.3) is 6.08 Å². The normalized spacial score (nSPS) is 15.5. The molecule has 1 aliphatic carbocycles. The van der Waals surface area contributed by atoms with Crippen molar-refractivity contribution in [3.8, 4) is 0 Å². The van der Waals surface area contributed by atoms with E-state index in [4.69, 9.17) is 0 Å². The number of aromatic nitrogens is 1. The molecule has 0 unspecified atom stereocenters. The van der Waals surface area contributed by atoms with Crippen LogP contribution in [-0.2, 0) is 4.79 Å². The summed E-state index contributed by atoms with van der Waals surface area (Å²) >= 11 is 0. The Labute approximate surface area is 89.2 Å². The number of carbonyl (C=O) groups excluding carboxylic acids is 1. The second-order valence-corrected chi connectivity index (χ2v) is 3.80. The van der Waals surface area contributed by atoms with E-state index in [2.05, 4.69) is 10.3 Å². The highest BCUT2D eigenvalue weighted by atomic mass is 16.1. The van der Waals surface area contributed by atoms with Crippen LogP contribution in [-0.4, -0.2) is 17.4 Å².